The summed E-state index contributed by atoms with van der Waals surface area (Å²) in [6.45, 7) is 5.80. The highest BCUT2D eigenvalue weighted by Crippen LogP contribution is 2.21. The number of nitrogens with two attached hydrogens (primary N) is 1. The summed E-state index contributed by atoms with van der Waals surface area (Å²) in [7, 11) is 0. The smallest absolute Gasteiger partial charge is 0.289 e. The first-order valence-corrected chi connectivity index (χ1v) is 6.47. The van der Waals surface area contributed by atoms with Gasteiger partial charge in [0, 0.05) is 17.6 Å². The van der Waals surface area contributed by atoms with Crippen LogP contribution in [0.3, 0.4) is 0 Å². The summed E-state index contributed by atoms with van der Waals surface area (Å²) in [4.78, 5) is 16.3. The van der Waals surface area contributed by atoms with E-state index in [0.29, 0.717) is 18.1 Å². The summed E-state index contributed by atoms with van der Waals surface area (Å²) >= 11 is 0. The molecule has 0 aliphatic rings. The summed E-state index contributed by atoms with van der Waals surface area (Å²) in [5.41, 5.74) is 6.78. The second-order valence-electron chi connectivity index (χ2n) is 5.47. The predicted octanol–water partition coefficient (Wildman–Crippen LogP) is 2.12. The normalized spacial score (nSPS) is 11.4. The molecule has 0 spiro atoms. The molecule has 1 amide bonds. The Kier molecular flexibility index (Phi) is 3.90. The molecule has 106 valence electrons. The van der Waals surface area contributed by atoms with E-state index in [1.54, 1.807) is 6.92 Å². The first kappa shape index (κ1) is 14.3. The van der Waals surface area contributed by atoms with Crippen molar-refractivity contribution in [2.45, 2.75) is 26.3 Å². The van der Waals surface area contributed by atoms with Crippen molar-refractivity contribution >= 4 is 5.91 Å². The molecule has 0 fully saturated rings. The van der Waals surface area contributed by atoms with Gasteiger partial charge in [0.25, 0.3) is 5.91 Å². The van der Waals surface area contributed by atoms with Gasteiger partial charge in [-0.25, -0.2) is 4.98 Å². The van der Waals surface area contributed by atoms with Crippen molar-refractivity contribution in [2.24, 2.45) is 5.73 Å². The minimum absolute atomic E-state index is 0.230. The van der Waals surface area contributed by atoms with Crippen LogP contribution in [0, 0.1) is 6.92 Å². The second-order valence-corrected chi connectivity index (χ2v) is 5.47. The lowest BCUT2D eigenvalue weighted by atomic mass is 10.1. The molecule has 3 N–H and O–H groups in total. The predicted molar refractivity (Wildman–Crippen MR) is 77.3 cm³/mol. The standard InChI is InChI=1S/C15H19N3O2/c1-10-12(13(19)17-9-15(2,3)16)20-14(18-10)11-7-5-4-6-8-11/h4-8H,9,16H2,1-3H3,(H,17,19). The largest absolute Gasteiger partial charge is 0.431 e. The van der Waals surface area contributed by atoms with Crippen LogP contribution in [-0.2, 0) is 0 Å². The lowest BCUT2D eigenvalue weighted by Gasteiger charge is -2.18. The molecule has 0 saturated carbocycles. The lowest BCUT2D eigenvalue weighted by molar-refractivity contribution is 0.0918. The quantitative estimate of drug-likeness (QED) is 0.894. The molecule has 0 aliphatic heterocycles. The number of amides is 1. The molecule has 0 atom stereocenters. The van der Waals surface area contributed by atoms with Gasteiger partial charge in [0.15, 0.2) is 0 Å². The van der Waals surface area contributed by atoms with Gasteiger partial charge in [-0.1, -0.05) is 18.2 Å². The van der Waals surface area contributed by atoms with Gasteiger partial charge < -0.3 is 15.5 Å². The first-order chi connectivity index (χ1) is 9.37. The number of nitrogens with one attached hydrogen (secondary N) is 1. The van der Waals surface area contributed by atoms with Crippen molar-refractivity contribution in [1.82, 2.24) is 10.3 Å². The Labute approximate surface area is 118 Å². The fourth-order valence-corrected chi connectivity index (χ4v) is 1.70. The van der Waals surface area contributed by atoms with Crippen molar-refractivity contribution in [3.63, 3.8) is 0 Å². The number of hydrogen-bond donors (Lipinski definition) is 2. The van der Waals surface area contributed by atoms with Gasteiger partial charge in [-0.05, 0) is 32.9 Å². The van der Waals surface area contributed by atoms with E-state index in [1.807, 2.05) is 44.2 Å². The van der Waals surface area contributed by atoms with Crippen LogP contribution < -0.4 is 11.1 Å². The monoisotopic (exact) mass is 273 g/mol. The van der Waals surface area contributed by atoms with Gasteiger partial charge in [-0.2, -0.15) is 0 Å². The minimum Gasteiger partial charge on any atom is -0.431 e. The van der Waals surface area contributed by atoms with Crippen LogP contribution in [0.2, 0.25) is 0 Å². The van der Waals surface area contributed by atoms with Crippen LogP contribution in [0.5, 0.6) is 0 Å². The molecule has 1 aromatic heterocycles. The number of hydrogen-bond acceptors (Lipinski definition) is 4. The third-order valence-corrected chi connectivity index (χ3v) is 2.73. The molecule has 1 aromatic carbocycles. The molecule has 2 rings (SSSR count). The van der Waals surface area contributed by atoms with Crippen LogP contribution in [-0.4, -0.2) is 23.0 Å². The summed E-state index contributed by atoms with van der Waals surface area (Å²) in [6, 6.07) is 9.47. The van der Waals surface area contributed by atoms with Crippen LogP contribution in [0.1, 0.15) is 30.1 Å². The summed E-state index contributed by atoms with van der Waals surface area (Å²) in [6.07, 6.45) is 0. The number of carbonyl (C=O) groups excluding carboxylic acids is 1. The molecule has 0 unspecified atom stereocenters. The molecule has 0 bridgehead atoms. The Bertz CT molecular complexity index is 597. The van der Waals surface area contributed by atoms with Crippen LogP contribution in [0.25, 0.3) is 11.5 Å². The molecule has 0 saturated heterocycles. The Hall–Kier alpha value is -2.14. The van der Waals surface area contributed by atoms with Gasteiger partial charge in [0.05, 0.1) is 5.69 Å². The molecule has 5 nitrogen and oxygen atoms in total. The maximum Gasteiger partial charge on any atom is 0.289 e. The molecule has 0 radical (unpaired) electrons. The highest BCUT2D eigenvalue weighted by atomic mass is 16.4. The van der Waals surface area contributed by atoms with Crippen molar-refractivity contribution in [1.29, 1.82) is 0 Å². The Morgan fingerprint density at radius 3 is 2.60 bits per heavy atom. The third-order valence-electron chi connectivity index (χ3n) is 2.73. The topological polar surface area (TPSA) is 81.2 Å². The van der Waals surface area contributed by atoms with E-state index in [4.69, 9.17) is 10.2 Å². The van der Waals surface area contributed by atoms with Gasteiger partial charge >= 0.3 is 0 Å². The number of benzene rings is 1. The number of carbonyl (C=O) groups is 1. The Morgan fingerprint density at radius 2 is 2.00 bits per heavy atom. The van der Waals surface area contributed by atoms with E-state index in [-0.39, 0.29) is 11.7 Å². The van der Waals surface area contributed by atoms with Crippen LogP contribution >= 0.6 is 0 Å². The molecule has 1 heterocycles. The molecule has 20 heavy (non-hydrogen) atoms. The molecule has 0 aliphatic carbocycles. The second kappa shape index (κ2) is 5.46. The SMILES string of the molecule is Cc1nc(-c2ccccc2)oc1C(=O)NCC(C)(C)N. The van der Waals surface area contributed by atoms with Crippen LogP contribution in [0.4, 0.5) is 0 Å². The van der Waals surface area contributed by atoms with E-state index < -0.39 is 5.54 Å². The molecular weight excluding hydrogens is 254 g/mol. The van der Waals surface area contributed by atoms with Crippen molar-refractivity contribution in [2.75, 3.05) is 6.54 Å². The van der Waals surface area contributed by atoms with E-state index in [0.717, 1.165) is 5.56 Å². The highest BCUT2D eigenvalue weighted by Gasteiger charge is 2.20. The summed E-state index contributed by atoms with van der Waals surface area (Å²) in [5, 5.41) is 2.75. The van der Waals surface area contributed by atoms with E-state index >= 15 is 0 Å². The number of aromatic nitrogens is 1. The van der Waals surface area contributed by atoms with Crippen molar-refractivity contribution in [3.05, 3.63) is 41.8 Å². The minimum atomic E-state index is -0.466. The molecule has 2 aromatic rings. The lowest BCUT2D eigenvalue weighted by Crippen LogP contribution is -2.45. The first-order valence-electron chi connectivity index (χ1n) is 6.47. The highest BCUT2D eigenvalue weighted by molar-refractivity contribution is 5.92. The number of rotatable bonds is 4. The van der Waals surface area contributed by atoms with Gasteiger partial charge in [0.1, 0.15) is 0 Å². The van der Waals surface area contributed by atoms with Gasteiger partial charge in [-0.15, -0.1) is 0 Å². The van der Waals surface area contributed by atoms with Crippen molar-refractivity contribution < 1.29 is 9.21 Å². The third kappa shape index (κ3) is 3.45. The number of nitrogens with zero attached hydrogens (tertiary/aromatic N) is 1. The fraction of sp³-hybridized carbons (Fsp3) is 0.333. The Morgan fingerprint density at radius 1 is 1.35 bits per heavy atom. The number of aryl methyl sites for hydroxylation is 1. The fourth-order valence-electron chi connectivity index (χ4n) is 1.70. The van der Waals surface area contributed by atoms with Gasteiger partial charge in [-0.3, -0.25) is 4.79 Å². The zero-order valence-corrected chi connectivity index (χ0v) is 11.9. The summed E-state index contributed by atoms with van der Waals surface area (Å²) in [5.74, 6) is 0.379. The maximum absolute atomic E-state index is 12.1. The average molecular weight is 273 g/mol. The summed E-state index contributed by atoms with van der Waals surface area (Å²) < 4.78 is 5.56. The van der Waals surface area contributed by atoms with E-state index in [2.05, 4.69) is 10.3 Å². The van der Waals surface area contributed by atoms with E-state index in [1.165, 1.54) is 0 Å². The Balaban J connectivity index is 2.18. The maximum atomic E-state index is 12.1. The molecular formula is C15H19N3O2. The van der Waals surface area contributed by atoms with E-state index in [9.17, 15) is 4.79 Å². The molecule has 5 heteroatoms. The van der Waals surface area contributed by atoms with Crippen molar-refractivity contribution in [3.8, 4) is 11.5 Å². The average Bonchev–Trinajstić information content (AvgIpc) is 2.78. The van der Waals surface area contributed by atoms with Gasteiger partial charge in [0.2, 0.25) is 11.7 Å². The number of oxazole rings is 1. The zero-order chi connectivity index (χ0) is 14.8. The van der Waals surface area contributed by atoms with Crippen LogP contribution in [0.15, 0.2) is 34.7 Å². The zero-order valence-electron chi connectivity index (χ0n) is 11.9.